The fourth-order valence-electron chi connectivity index (χ4n) is 5.04. The fourth-order valence-corrected chi connectivity index (χ4v) is 5.31. The zero-order valence-corrected chi connectivity index (χ0v) is 26.0. The van der Waals surface area contributed by atoms with E-state index in [0.29, 0.717) is 29.9 Å². The van der Waals surface area contributed by atoms with Gasteiger partial charge in [-0.2, -0.15) is 0 Å². The molecule has 3 N–H and O–H groups in total. The number of amides is 1. The Hall–Kier alpha value is -4.81. The molecule has 0 radical (unpaired) electrons. The zero-order valence-electron chi connectivity index (χ0n) is 24.4. The van der Waals surface area contributed by atoms with Gasteiger partial charge < -0.3 is 14.6 Å². The summed E-state index contributed by atoms with van der Waals surface area (Å²) >= 11 is 3.44. The number of hydrogen-bond donors (Lipinski definition) is 3. The molecule has 4 aromatic rings. The summed E-state index contributed by atoms with van der Waals surface area (Å²) < 4.78 is 41.6. The predicted octanol–water partition coefficient (Wildman–Crippen LogP) is 6.75. The van der Waals surface area contributed by atoms with Gasteiger partial charge in [0.1, 0.15) is 17.4 Å². The van der Waals surface area contributed by atoms with E-state index in [1.54, 1.807) is 48.5 Å². The number of carbonyl (C=O) groups is 1. The number of nitrogens with one attached hydrogen (secondary N) is 2. The Bertz CT molecular complexity index is 1750. The van der Waals surface area contributed by atoms with Crippen LogP contribution in [0.25, 0.3) is 10.4 Å². The Balaban J connectivity index is 1.57. The van der Waals surface area contributed by atoms with Crippen molar-refractivity contribution < 1.29 is 28.2 Å². The van der Waals surface area contributed by atoms with Crippen molar-refractivity contribution in [2.75, 3.05) is 13.2 Å². The number of aliphatic hydroxyl groups excluding tert-OH is 1. The molecular formula is C33H29BrF2N6O4. The third kappa shape index (κ3) is 7.35. The number of carbonyl (C=O) groups excluding carboxylic acids is 1. The first kappa shape index (κ1) is 32.6. The van der Waals surface area contributed by atoms with Gasteiger partial charge in [0.25, 0.3) is 5.91 Å². The summed E-state index contributed by atoms with van der Waals surface area (Å²) in [5.41, 5.74) is 14.6. The van der Waals surface area contributed by atoms with Gasteiger partial charge in [-0.1, -0.05) is 63.5 Å². The number of halogens is 3. The second kappa shape index (κ2) is 15.0. The van der Waals surface area contributed by atoms with Crippen molar-refractivity contribution in [2.45, 2.75) is 31.0 Å². The van der Waals surface area contributed by atoms with E-state index in [2.05, 4.69) is 36.8 Å². The molecule has 0 bridgehead atoms. The number of hydrogen-bond acceptors (Lipinski definition) is 7. The van der Waals surface area contributed by atoms with Crippen LogP contribution in [0, 0.1) is 11.6 Å². The lowest BCUT2D eigenvalue weighted by molar-refractivity contribution is -0.130. The summed E-state index contributed by atoms with van der Waals surface area (Å²) in [5.74, 6) is -1.45. The summed E-state index contributed by atoms with van der Waals surface area (Å²) in [6.07, 6.45) is -0.557. The van der Waals surface area contributed by atoms with Crippen molar-refractivity contribution in [3.63, 3.8) is 0 Å². The van der Waals surface area contributed by atoms with Crippen molar-refractivity contribution in [2.24, 2.45) is 10.1 Å². The monoisotopic (exact) mass is 690 g/mol. The number of rotatable bonds is 13. The normalized spacial score (nSPS) is 17.0. The quantitative estimate of drug-likeness (QED) is 0.0468. The summed E-state index contributed by atoms with van der Waals surface area (Å²) in [7, 11) is 0. The molecule has 1 heterocycles. The number of aliphatic hydroxyl groups is 1. The van der Waals surface area contributed by atoms with Crippen LogP contribution in [0.4, 0.5) is 14.5 Å². The topological polar surface area (TPSA) is 141 Å². The van der Waals surface area contributed by atoms with Crippen LogP contribution in [0.5, 0.6) is 5.75 Å². The Kier molecular flexibility index (Phi) is 10.6. The van der Waals surface area contributed by atoms with Gasteiger partial charge in [0.2, 0.25) is 5.90 Å². The first-order valence-corrected chi connectivity index (χ1v) is 15.1. The molecule has 0 aromatic heterocycles. The minimum absolute atomic E-state index is 0.00798. The van der Waals surface area contributed by atoms with E-state index >= 15 is 0 Å². The summed E-state index contributed by atoms with van der Waals surface area (Å²) in [5, 5.41) is 12.9. The van der Waals surface area contributed by atoms with Crippen molar-refractivity contribution >= 4 is 33.4 Å². The second-order valence-electron chi connectivity index (χ2n) is 10.3. The van der Waals surface area contributed by atoms with Gasteiger partial charge in [-0.3, -0.25) is 10.2 Å². The molecule has 46 heavy (non-hydrogen) atoms. The Labute approximate surface area is 271 Å². The molecule has 0 aliphatic carbocycles. The van der Waals surface area contributed by atoms with E-state index in [4.69, 9.17) is 19.6 Å². The fraction of sp³-hybridized carbons (Fsp3) is 0.212. The molecule has 1 amide bonds. The van der Waals surface area contributed by atoms with Gasteiger partial charge in [-0.05, 0) is 59.6 Å². The van der Waals surface area contributed by atoms with Crippen molar-refractivity contribution in [1.82, 2.24) is 10.9 Å². The van der Waals surface area contributed by atoms with E-state index < -0.39 is 29.2 Å². The lowest BCUT2D eigenvalue weighted by Crippen LogP contribution is -2.53. The van der Waals surface area contributed by atoms with Gasteiger partial charge in [0.15, 0.2) is 11.6 Å². The highest BCUT2D eigenvalue weighted by molar-refractivity contribution is 9.10. The van der Waals surface area contributed by atoms with Gasteiger partial charge in [-0.25, -0.2) is 19.2 Å². The number of hydrazine groups is 1. The van der Waals surface area contributed by atoms with Crippen LogP contribution in [-0.4, -0.2) is 35.7 Å². The van der Waals surface area contributed by atoms with Crippen molar-refractivity contribution in [3.8, 4) is 5.75 Å². The molecule has 0 unspecified atom stereocenters. The van der Waals surface area contributed by atoms with Crippen LogP contribution in [0.3, 0.4) is 0 Å². The minimum Gasteiger partial charge on any atom is -0.494 e. The SMILES string of the molecule is [N-]=[N+]=Nc1ccccc1[C@@H]1OC(c2ccc(OCCCO)cc2)=N[C@]1(Cc1ccc(Br)cc1)C(=O)NNCc1c(F)cccc1F. The predicted molar refractivity (Wildman–Crippen MR) is 171 cm³/mol. The number of benzene rings is 4. The van der Waals surface area contributed by atoms with Crippen molar-refractivity contribution in [3.05, 3.63) is 140 Å². The first-order chi connectivity index (χ1) is 22.3. The molecule has 0 spiro atoms. The van der Waals surface area contributed by atoms with Crippen LogP contribution < -0.4 is 15.6 Å². The highest BCUT2D eigenvalue weighted by atomic mass is 79.9. The van der Waals surface area contributed by atoms with Crippen molar-refractivity contribution in [1.29, 1.82) is 0 Å². The van der Waals surface area contributed by atoms with E-state index in [9.17, 15) is 19.1 Å². The maximum absolute atomic E-state index is 14.3. The summed E-state index contributed by atoms with van der Waals surface area (Å²) in [6.45, 7) is 0.00756. The number of ether oxygens (including phenoxy) is 2. The average molecular weight is 692 g/mol. The Morgan fingerprint density at radius 3 is 2.46 bits per heavy atom. The molecule has 13 heteroatoms. The molecule has 5 rings (SSSR count). The molecular weight excluding hydrogens is 662 g/mol. The highest BCUT2D eigenvalue weighted by Crippen LogP contribution is 2.45. The van der Waals surface area contributed by atoms with Gasteiger partial charge in [0, 0.05) is 57.8 Å². The first-order valence-electron chi connectivity index (χ1n) is 14.3. The molecule has 1 aliphatic heterocycles. The molecule has 10 nitrogen and oxygen atoms in total. The minimum atomic E-state index is -1.68. The lowest BCUT2D eigenvalue weighted by Gasteiger charge is -2.31. The van der Waals surface area contributed by atoms with Gasteiger partial charge in [-0.15, -0.1) is 0 Å². The maximum atomic E-state index is 14.3. The summed E-state index contributed by atoms with van der Waals surface area (Å²) in [4.78, 5) is 22.2. The van der Waals surface area contributed by atoms with Gasteiger partial charge in [0.05, 0.1) is 6.61 Å². The molecule has 236 valence electrons. The Morgan fingerprint density at radius 2 is 1.76 bits per heavy atom. The zero-order chi connectivity index (χ0) is 32.5. The third-order valence-electron chi connectivity index (χ3n) is 7.32. The molecule has 0 saturated carbocycles. The molecule has 0 saturated heterocycles. The number of azide groups is 1. The van der Waals surface area contributed by atoms with E-state index in [-0.39, 0.29) is 36.7 Å². The molecule has 4 aromatic carbocycles. The highest BCUT2D eigenvalue weighted by Gasteiger charge is 2.54. The molecule has 2 atom stereocenters. The van der Waals surface area contributed by atoms with Crippen LogP contribution in [0.1, 0.15) is 34.8 Å². The molecule has 1 aliphatic rings. The maximum Gasteiger partial charge on any atom is 0.266 e. The van der Waals surface area contributed by atoms with Crippen LogP contribution in [0.15, 0.2) is 106 Å². The largest absolute Gasteiger partial charge is 0.494 e. The smallest absolute Gasteiger partial charge is 0.266 e. The summed E-state index contributed by atoms with van der Waals surface area (Å²) in [6, 6.07) is 24.5. The number of nitrogens with zero attached hydrogens (tertiary/aromatic N) is 4. The van der Waals surface area contributed by atoms with Crippen LogP contribution in [-0.2, 0) is 22.5 Å². The standard InChI is InChI=1S/C33H29BrF2N6O4/c34-23-13-9-21(10-14-23)19-33(32(44)41-38-20-26-27(35)6-3-7-28(26)36)30(25-5-1-2-8-29(25)40-42-37)46-31(39-33)22-11-15-24(16-12-22)45-18-4-17-43/h1-3,5-16,30,38,43H,4,17-20H2,(H,41,44)/t30-,33-/m0/s1. The van der Waals surface area contributed by atoms with E-state index in [1.165, 1.54) is 6.07 Å². The van der Waals surface area contributed by atoms with Crippen LogP contribution in [0.2, 0.25) is 0 Å². The number of aliphatic imine (C=N–C) groups is 1. The van der Waals surface area contributed by atoms with Gasteiger partial charge >= 0.3 is 0 Å². The van der Waals surface area contributed by atoms with Crippen LogP contribution >= 0.6 is 15.9 Å². The molecule has 0 fully saturated rings. The van der Waals surface area contributed by atoms with E-state index in [0.717, 1.165) is 22.2 Å². The second-order valence-corrected chi connectivity index (χ2v) is 11.3. The lowest BCUT2D eigenvalue weighted by atomic mass is 9.81. The van der Waals surface area contributed by atoms with E-state index in [1.807, 2.05) is 24.3 Å². The Morgan fingerprint density at radius 1 is 1.04 bits per heavy atom. The third-order valence-corrected chi connectivity index (χ3v) is 7.85. The average Bonchev–Trinajstić information content (AvgIpc) is 3.44.